The van der Waals surface area contributed by atoms with E-state index >= 15 is 0 Å². The molecule has 0 unspecified atom stereocenters. The van der Waals surface area contributed by atoms with E-state index in [4.69, 9.17) is 0 Å². The molecule has 0 aliphatic carbocycles. The van der Waals surface area contributed by atoms with Crippen molar-refractivity contribution in [1.82, 2.24) is 14.5 Å². The first-order valence-electron chi connectivity index (χ1n) is 12.0. The summed E-state index contributed by atoms with van der Waals surface area (Å²) in [5, 5.41) is 11.1. The van der Waals surface area contributed by atoms with E-state index in [1.807, 2.05) is 92.0 Å². The summed E-state index contributed by atoms with van der Waals surface area (Å²) in [6.45, 7) is 5.43. The van der Waals surface area contributed by atoms with Gasteiger partial charge in [-0.15, -0.1) is 0 Å². The molecule has 0 radical (unpaired) electrons. The molecule has 1 fully saturated rings. The van der Waals surface area contributed by atoms with Crippen LogP contribution in [0.25, 0.3) is 0 Å². The quantitative estimate of drug-likeness (QED) is 0.461. The zero-order valence-electron chi connectivity index (χ0n) is 19.9. The fraction of sp³-hybridized carbons (Fsp3) is 0.241. The molecule has 0 amide bonds. The number of aromatic nitrogens is 2. The third-order valence-electron chi connectivity index (χ3n) is 6.75. The SMILES string of the molecule is Cc1cc(O)c([C@H](c2ccccc2)N2CCN(c3ccccn3)CC2)c(=O)n1Cc1ccccc1. The van der Waals surface area contributed by atoms with Gasteiger partial charge < -0.3 is 14.6 Å². The second-order valence-corrected chi connectivity index (χ2v) is 8.99. The highest BCUT2D eigenvalue weighted by molar-refractivity contribution is 5.43. The van der Waals surface area contributed by atoms with E-state index in [9.17, 15) is 9.90 Å². The van der Waals surface area contributed by atoms with Crippen LogP contribution in [-0.2, 0) is 6.54 Å². The van der Waals surface area contributed by atoms with Crippen LogP contribution in [0.4, 0.5) is 5.82 Å². The number of aromatic hydroxyl groups is 1. The Labute approximate surface area is 205 Å². The lowest BCUT2D eigenvalue weighted by atomic mass is 9.96. The van der Waals surface area contributed by atoms with E-state index in [1.54, 1.807) is 10.6 Å². The Morgan fingerprint density at radius 2 is 1.54 bits per heavy atom. The molecule has 0 saturated carbocycles. The Bertz CT molecular complexity index is 1320. The molecule has 1 N–H and O–H groups in total. The largest absolute Gasteiger partial charge is 0.507 e. The van der Waals surface area contributed by atoms with Crippen molar-refractivity contribution in [3.8, 4) is 5.75 Å². The van der Waals surface area contributed by atoms with Crippen LogP contribution in [0.3, 0.4) is 0 Å². The Morgan fingerprint density at radius 1 is 0.886 bits per heavy atom. The molecule has 178 valence electrons. The molecule has 6 heteroatoms. The Balaban J connectivity index is 1.52. The Kier molecular flexibility index (Phi) is 6.64. The van der Waals surface area contributed by atoms with Crippen LogP contribution in [0, 0.1) is 6.92 Å². The molecule has 2 aromatic heterocycles. The normalized spacial score (nSPS) is 15.2. The van der Waals surface area contributed by atoms with Crippen molar-refractivity contribution in [2.24, 2.45) is 0 Å². The van der Waals surface area contributed by atoms with Gasteiger partial charge in [0.15, 0.2) is 0 Å². The molecule has 0 spiro atoms. The molecule has 4 aromatic rings. The van der Waals surface area contributed by atoms with Crippen molar-refractivity contribution < 1.29 is 5.11 Å². The lowest BCUT2D eigenvalue weighted by Gasteiger charge is -2.40. The average Bonchev–Trinajstić information content (AvgIpc) is 2.91. The number of benzene rings is 2. The maximum absolute atomic E-state index is 13.9. The van der Waals surface area contributed by atoms with Crippen molar-refractivity contribution >= 4 is 5.82 Å². The van der Waals surface area contributed by atoms with Gasteiger partial charge in [0.05, 0.1) is 18.2 Å². The van der Waals surface area contributed by atoms with Crippen LogP contribution >= 0.6 is 0 Å². The molecular formula is C29H30N4O2. The fourth-order valence-corrected chi connectivity index (χ4v) is 4.93. The van der Waals surface area contributed by atoms with Gasteiger partial charge in [0.1, 0.15) is 11.6 Å². The number of rotatable bonds is 6. The molecule has 1 aliphatic rings. The molecule has 3 heterocycles. The smallest absolute Gasteiger partial charge is 0.259 e. The van der Waals surface area contributed by atoms with Gasteiger partial charge in [-0.1, -0.05) is 66.7 Å². The van der Waals surface area contributed by atoms with E-state index in [0.29, 0.717) is 12.1 Å². The predicted octanol–water partition coefficient (Wildman–Crippen LogP) is 4.22. The summed E-state index contributed by atoms with van der Waals surface area (Å²) in [6, 6.07) is 27.3. The van der Waals surface area contributed by atoms with Gasteiger partial charge in [0, 0.05) is 38.1 Å². The van der Waals surface area contributed by atoms with Gasteiger partial charge >= 0.3 is 0 Å². The number of hydrogen-bond acceptors (Lipinski definition) is 5. The first-order chi connectivity index (χ1) is 17.1. The maximum atomic E-state index is 13.9. The lowest BCUT2D eigenvalue weighted by molar-refractivity contribution is 0.207. The second kappa shape index (κ2) is 10.2. The molecule has 6 nitrogen and oxygen atoms in total. The number of hydrogen-bond donors (Lipinski definition) is 1. The minimum absolute atomic E-state index is 0.0535. The minimum Gasteiger partial charge on any atom is -0.507 e. The molecular weight excluding hydrogens is 436 g/mol. The van der Waals surface area contributed by atoms with Gasteiger partial charge in [-0.2, -0.15) is 0 Å². The maximum Gasteiger partial charge on any atom is 0.259 e. The third-order valence-corrected chi connectivity index (χ3v) is 6.75. The van der Waals surface area contributed by atoms with E-state index in [-0.39, 0.29) is 17.4 Å². The summed E-state index contributed by atoms with van der Waals surface area (Å²) in [4.78, 5) is 23.0. The van der Waals surface area contributed by atoms with Crippen LogP contribution in [0.2, 0.25) is 0 Å². The van der Waals surface area contributed by atoms with Gasteiger partial charge in [-0.25, -0.2) is 4.98 Å². The topological polar surface area (TPSA) is 61.6 Å². The summed E-state index contributed by atoms with van der Waals surface area (Å²) in [6.07, 6.45) is 1.81. The summed E-state index contributed by atoms with van der Waals surface area (Å²) in [5.41, 5.74) is 3.08. The van der Waals surface area contributed by atoms with Gasteiger partial charge in [0.2, 0.25) is 0 Å². The van der Waals surface area contributed by atoms with E-state index in [2.05, 4.69) is 14.8 Å². The van der Waals surface area contributed by atoms with E-state index in [1.165, 1.54) is 0 Å². The predicted molar refractivity (Wildman–Crippen MR) is 139 cm³/mol. The first-order valence-corrected chi connectivity index (χ1v) is 12.0. The number of pyridine rings is 2. The standard InChI is InChI=1S/C29H30N4O2/c1-22-20-25(34)27(29(35)33(22)21-23-10-4-2-5-11-23)28(24-12-6-3-7-13-24)32-18-16-31(17-19-32)26-14-8-9-15-30-26/h2-15,20,28,34H,16-19,21H2,1H3/t28-/m0/s1. The number of aryl methyl sites for hydroxylation is 1. The van der Waals surface area contributed by atoms with Crippen LogP contribution in [0.1, 0.15) is 28.4 Å². The molecule has 1 saturated heterocycles. The summed E-state index contributed by atoms with van der Waals surface area (Å²) in [7, 11) is 0. The zero-order chi connectivity index (χ0) is 24.2. The summed E-state index contributed by atoms with van der Waals surface area (Å²) in [5.74, 6) is 1.02. The summed E-state index contributed by atoms with van der Waals surface area (Å²) >= 11 is 0. The molecule has 1 aliphatic heterocycles. The molecule has 2 aromatic carbocycles. The lowest BCUT2D eigenvalue weighted by Crippen LogP contribution is -2.49. The highest BCUT2D eigenvalue weighted by atomic mass is 16.3. The summed E-state index contributed by atoms with van der Waals surface area (Å²) < 4.78 is 1.77. The highest BCUT2D eigenvalue weighted by Gasteiger charge is 2.31. The second-order valence-electron chi connectivity index (χ2n) is 8.99. The van der Waals surface area contributed by atoms with Crippen molar-refractivity contribution in [3.05, 3.63) is 124 Å². The Morgan fingerprint density at radius 3 is 2.20 bits per heavy atom. The first kappa shape index (κ1) is 22.9. The number of piperazine rings is 1. The van der Waals surface area contributed by atoms with Crippen LogP contribution < -0.4 is 10.5 Å². The van der Waals surface area contributed by atoms with Gasteiger partial charge in [-0.05, 0) is 36.2 Å². The fourth-order valence-electron chi connectivity index (χ4n) is 4.93. The van der Waals surface area contributed by atoms with Crippen molar-refractivity contribution in [1.29, 1.82) is 0 Å². The average molecular weight is 467 g/mol. The molecule has 1 atom stereocenters. The van der Waals surface area contributed by atoms with Gasteiger partial charge in [-0.3, -0.25) is 9.69 Å². The molecule has 0 bridgehead atoms. The van der Waals surface area contributed by atoms with Crippen molar-refractivity contribution in [2.75, 3.05) is 31.1 Å². The van der Waals surface area contributed by atoms with Crippen molar-refractivity contribution in [2.45, 2.75) is 19.5 Å². The van der Waals surface area contributed by atoms with Crippen LogP contribution in [0.5, 0.6) is 5.75 Å². The van der Waals surface area contributed by atoms with Gasteiger partial charge in [0.25, 0.3) is 5.56 Å². The number of nitrogens with zero attached hydrogens (tertiary/aromatic N) is 4. The van der Waals surface area contributed by atoms with Crippen LogP contribution in [-0.4, -0.2) is 45.7 Å². The zero-order valence-corrected chi connectivity index (χ0v) is 19.9. The molecule has 5 rings (SSSR count). The highest BCUT2D eigenvalue weighted by Crippen LogP contribution is 2.33. The van der Waals surface area contributed by atoms with Crippen LogP contribution in [0.15, 0.2) is 95.9 Å². The monoisotopic (exact) mass is 466 g/mol. The van der Waals surface area contributed by atoms with E-state index in [0.717, 1.165) is 48.8 Å². The Hall–Kier alpha value is -3.90. The number of anilines is 1. The molecule has 35 heavy (non-hydrogen) atoms. The minimum atomic E-state index is -0.336. The third kappa shape index (κ3) is 4.84. The van der Waals surface area contributed by atoms with E-state index < -0.39 is 0 Å². The van der Waals surface area contributed by atoms with Crippen molar-refractivity contribution in [3.63, 3.8) is 0 Å².